The number of hydrogen-bond acceptors (Lipinski definition) is 5. The summed E-state index contributed by atoms with van der Waals surface area (Å²) in [6.07, 6.45) is 1.43. The number of anilines is 1. The van der Waals surface area contributed by atoms with Crippen molar-refractivity contribution in [3.63, 3.8) is 0 Å². The van der Waals surface area contributed by atoms with Crippen molar-refractivity contribution in [3.05, 3.63) is 33.9 Å². The molecule has 1 aromatic carbocycles. The third-order valence-corrected chi connectivity index (χ3v) is 3.71. The van der Waals surface area contributed by atoms with Gasteiger partial charge in [-0.05, 0) is 31.9 Å². The quantitative estimate of drug-likeness (QED) is 0.622. The zero-order valence-corrected chi connectivity index (χ0v) is 11.2. The van der Waals surface area contributed by atoms with E-state index in [1.54, 1.807) is 19.1 Å². The summed E-state index contributed by atoms with van der Waals surface area (Å²) in [6.45, 7) is 2.83. The van der Waals surface area contributed by atoms with Gasteiger partial charge in [-0.15, -0.1) is 0 Å². The van der Waals surface area contributed by atoms with E-state index in [1.165, 1.54) is 6.07 Å². The van der Waals surface area contributed by atoms with E-state index in [1.807, 2.05) is 11.0 Å². The lowest BCUT2D eigenvalue weighted by Crippen LogP contribution is -2.36. The molecule has 6 nitrogen and oxygen atoms in total. The number of nitrogens with zero attached hydrogens (tertiary/aromatic N) is 3. The molecule has 0 aromatic heterocycles. The van der Waals surface area contributed by atoms with Crippen molar-refractivity contribution in [2.75, 3.05) is 18.0 Å². The number of ketones is 1. The number of Topliss-reactive ketones (excluding diaryl/α,β-unsaturated/α-hetero) is 1. The van der Waals surface area contributed by atoms with Gasteiger partial charge in [-0.3, -0.25) is 14.9 Å². The minimum atomic E-state index is -0.465. The first-order chi connectivity index (χ1) is 9.52. The summed E-state index contributed by atoms with van der Waals surface area (Å²) in [5.41, 5.74) is 0.750. The average Bonchev–Trinajstić information content (AvgIpc) is 2.46. The molecule has 0 amide bonds. The molecule has 1 heterocycles. The Morgan fingerprint density at radius 3 is 2.60 bits per heavy atom. The fourth-order valence-electron chi connectivity index (χ4n) is 2.53. The van der Waals surface area contributed by atoms with Crippen LogP contribution in [0.25, 0.3) is 0 Å². The molecular formula is C14H15N3O3. The number of carbonyl (C=O) groups is 1. The van der Waals surface area contributed by atoms with Crippen LogP contribution in [-0.2, 0) is 4.79 Å². The SMILES string of the molecule is CC(=O)C1CCN(c2ccc(C#N)cc2[N+](=O)[O-])CC1. The Labute approximate surface area is 116 Å². The summed E-state index contributed by atoms with van der Waals surface area (Å²) in [4.78, 5) is 23.9. The maximum atomic E-state index is 11.3. The lowest BCUT2D eigenvalue weighted by molar-refractivity contribution is -0.384. The molecule has 1 fully saturated rings. The summed E-state index contributed by atoms with van der Waals surface area (Å²) >= 11 is 0. The molecule has 0 bridgehead atoms. The second-order valence-corrected chi connectivity index (χ2v) is 4.94. The third-order valence-electron chi connectivity index (χ3n) is 3.71. The van der Waals surface area contributed by atoms with Gasteiger partial charge in [-0.25, -0.2) is 0 Å². The zero-order chi connectivity index (χ0) is 14.7. The highest BCUT2D eigenvalue weighted by atomic mass is 16.6. The largest absolute Gasteiger partial charge is 0.366 e. The number of hydrogen-bond donors (Lipinski definition) is 0. The third kappa shape index (κ3) is 2.77. The van der Waals surface area contributed by atoms with E-state index in [9.17, 15) is 14.9 Å². The molecule has 2 rings (SSSR count). The molecule has 0 unspecified atom stereocenters. The highest BCUT2D eigenvalue weighted by Gasteiger charge is 2.26. The van der Waals surface area contributed by atoms with Crippen LogP contribution in [0.15, 0.2) is 18.2 Å². The molecule has 0 N–H and O–H groups in total. The first kappa shape index (κ1) is 14.0. The summed E-state index contributed by atoms with van der Waals surface area (Å²) in [7, 11) is 0. The highest BCUT2D eigenvalue weighted by Crippen LogP contribution is 2.32. The first-order valence-electron chi connectivity index (χ1n) is 6.47. The van der Waals surface area contributed by atoms with Crippen molar-refractivity contribution in [1.29, 1.82) is 5.26 Å². The molecule has 1 aliphatic heterocycles. The molecular weight excluding hydrogens is 258 g/mol. The summed E-state index contributed by atoms with van der Waals surface area (Å²) in [5, 5.41) is 19.9. The topological polar surface area (TPSA) is 87.2 Å². The highest BCUT2D eigenvalue weighted by molar-refractivity contribution is 5.78. The number of rotatable bonds is 3. The molecule has 6 heteroatoms. The Balaban J connectivity index is 2.24. The van der Waals surface area contributed by atoms with Gasteiger partial charge in [0.05, 0.1) is 16.6 Å². The van der Waals surface area contributed by atoms with Crippen LogP contribution in [0.5, 0.6) is 0 Å². The molecule has 0 aliphatic carbocycles. The van der Waals surface area contributed by atoms with Crippen molar-refractivity contribution in [3.8, 4) is 6.07 Å². The second kappa shape index (κ2) is 5.70. The molecule has 0 radical (unpaired) electrons. The number of piperidine rings is 1. The van der Waals surface area contributed by atoms with Crippen LogP contribution in [0, 0.1) is 27.4 Å². The van der Waals surface area contributed by atoms with Gasteiger partial charge in [-0.1, -0.05) is 0 Å². The van der Waals surface area contributed by atoms with E-state index in [-0.39, 0.29) is 23.0 Å². The molecule has 1 aliphatic rings. The lowest BCUT2D eigenvalue weighted by Gasteiger charge is -2.32. The maximum absolute atomic E-state index is 11.3. The van der Waals surface area contributed by atoms with Crippen LogP contribution >= 0.6 is 0 Å². The van der Waals surface area contributed by atoms with Gasteiger partial charge in [0, 0.05) is 25.1 Å². The smallest absolute Gasteiger partial charge is 0.293 e. The summed E-state index contributed by atoms with van der Waals surface area (Å²) in [5.74, 6) is 0.239. The monoisotopic (exact) mass is 273 g/mol. The van der Waals surface area contributed by atoms with Crippen LogP contribution in [0.4, 0.5) is 11.4 Å². The van der Waals surface area contributed by atoms with Gasteiger partial charge < -0.3 is 4.90 Å². The number of nitriles is 1. The van der Waals surface area contributed by atoms with Crippen molar-refractivity contribution < 1.29 is 9.72 Å². The Morgan fingerprint density at radius 2 is 2.10 bits per heavy atom. The van der Waals surface area contributed by atoms with E-state index in [4.69, 9.17) is 5.26 Å². The number of nitro benzene ring substituents is 1. The van der Waals surface area contributed by atoms with Gasteiger partial charge in [0.15, 0.2) is 0 Å². The van der Waals surface area contributed by atoms with Gasteiger partial charge in [-0.2, -0.15) is 5.26 Å². The van der Waals surface area contributed by atoms with Gasteiger partial charge in [0.25, 0.3) is 5.69 Å². The Hall–Kier alpha value is -2.42. The number of carbonyl (C=O) groups excluding carboxylic acids is 1. The lowest BCUT2D eigenvalue weighted by atomic mass is 9.93. The Morgan fingerprint density at radius 1 is 1.45 bits per heavy atom. The molecule has 20 heavy (non-hydrogen) atoms. The van der Waals surface area contributed by atoms with Crippen molar-refractivity contribution >= 4 is 17.2 Å². The maximum Gasteiger partial charge on any atom is 0.293 e. The predicted molar refractivity (Wildman–Crippen MR) is 73.4 cm³/mol. The Kier molecular flexibility index (Phi) is 3.99. The number of nitro groups is 1. The minimum Gasteiger partial charge on any atom is -0.366 e. The van der Waals surface area contributed by atoms with E-state index < -0.39 is 4.92 Å². The summed E-state index contributed by atoms with van der Waals surface area (Å²) < 4.78 is 0. The van der Waals surface area contributed by atoms with Crippen LogP contribution in [0.3, 0.4) is 0 Å². The Bertz CT molecular complexity index is 584. The molecule has 1 aromatic rings. The van der Waals surface area contributed by atoms with E-state index in [2.05, 4.69) is 0 Å². The zero-order valence-electron chi connectivity index (χ0n) is 11.2. The van der Waals surface area contributed by atoms with Crippen molar-refractivity contribution in [2.45, 2.75) is 19.8 Å². The van der Waals surface area contributed by atoms with E-state index >= 15 is 0 Å². The van der Waals surface area contributed by atoms with E-state index in [0.29, 0.717) is 31.6 Å². The normalized spacial score (nSPS) is 15.7. The minimum absolute atomic E-state index is 0.0506. The number of benzene rings is 1. The van der Waals surface area contributed by atoms with Gasteiger partial charge in [0.2, 0.25) is 0 Å². The molecule has 104 valence electrons. The van der Waals surface area contributed by atoms with Gasteiger partial charge >= 0.3 is 0 Å². The molecule has 0 spiro atoms. The fraction of sp³-hybridized carbons (Fsp3) is 0.429. The van der Waals surface area contributed by atoms with Crippen LogP contribution in [-0.4, -0.2) is 23.8 Å². The van der Waals surface area contributed by atoms with Gasteiger partial charge in [0.1, 0.15) is 11.5 Å². The molecule has 0 saturated carbocycles. The van der Waals surface area contributed by atoms with Crippen LogP contribution in [0.2, 0.25) is 0 Å². The van der Waals surface area contributed by atoms with Crippen molar-refractivity contribution in [1.82, 2.24) is 0 Å². The van der Waals surface area contributed by atoms with Crippen LogP contribution in [0.1, 0.15) is 25.3 Å². The average molecular weight is 273 g/mol. The molecule has 0 atom stereocenters. The van der Waals surface area contributed by atoms with Crippen LogP contribution < -0.4 is 4.90 Å². The molecule has 1 saturated heterocycles. The van der Waals surface area contributed by atoms with Crippen molar-refractivity contribution in [2.24, 2.45) is 5.92 Å². The predicted octanol–water partition coefficient (Wildman–Crippen LogP) is 2.27. The first-order valence-corrected chi connectivity index (χ1v) is 6.47. The van der Waals surface area contributed by atoms with E-state index in [0.717, 1.165) is 0 Å². The fourth-order valence-corrected chi connectivity index (χ4v) is 2.53. The second-order valence-electron chi connectivity index (χ2n) is 4.94. The standard InChI is InChI=1S/C14H15N3O3/c1-10(18)12-4-6-16(7-5-12)13-3-2-11(9-15)8-14(13)17(19)20/h2-3,8,12H,4-7H2,1H3. The summed E-state index contributed by atoms with van der Waals surface area (Å²) in [6, 6.07) is 6.40.